The van der Waals surface area contributed by atoms with Crippen LogP contribution < -0.4 is 0 Å². The van der Waals surface area contributed by atoms with Crippen molar-refractivity contribution in [3.8, 4) is 0 Å². The van der Waals surface area contributed by atoms with Crippen LogP contribution in [0.25, 0.3) is 0 Å². The first-order chi connectivity index (χ1) is 8.29. The van der Waals surface area contributed by atoms with Crippen LogP contribution in [0.3, 0.4) is 0 Å². The van der Waals surface area contributed by atoms with E-state index in [4.69, 9.17) is 21.1 Å². The number of aliphatic hydroxyl groups is 1. The summed E-state index contributed by atoms with van der Waals surface area (Å²) >= 11 is 6.29. The lowest BCUT2D eigenvalue weighted by atomic mass is 10.2. The van der Waals surface area contributed by atoms with Gasteiger partial charge in [-0.1, -0.05) is 0 Å². The first kappa shape index (κ1) is 12.9. The van der Waals surface area contributed by atoms with Crippen LogP contribution in [0, 0.1) is 0 Å². The van der Waals surface area contributed by atoms with Crippen LogP contribution >= 0.6 is 11.6 Å². The summed E-state index contributed by atoms with van der Waals surface area (Å²) in [6, 6.07) is 3.78. The molecule has 0 aliphatic carbocycles. The van der Waals surface area contributed by atoms with Crippen molar-refractivity contribution in [2.75, 3.05) is 45.9 Å². The van der Waals surface area contributed by atoms with Crippen molar-refractivity contribution in [3.63, 3.8) is 0 Å². The smallest absolute Gasteiger partial charge is 0.122 e. The van der Waals surface area contributed by atoms with Crippen LogP contribution in [0.2, 0.25) is 0 Å². The molecule has 1 aromatic rings. The Morgan fingerprint density at radius 1 is 1.29 bits per heavy atom. The van der Waals surface area contributed by atoms with Gasteiger partial charge in [0.25, 0.3) is 0 Å². The SMILES string of the molecule is OCCN1CCN(CC(Cl)c2ccco2)CC1. The molecule has 2 heterocycles. The van der Waals surface area contributed by atoms with Gasteiger partial charge in [-0.05, 0) is 12.1 Å². The molecule has 1 aliphatic heterocycles. The van der Waals surface area contributed by atoms with Gasteiger partial charge in [0.05, 0.1) is 12.9 Å². The Balaban J connectivity index is 1.74. The lowest BCUT2D eigenvalue weighted by molar-refractivity contribution is 0.111. The van der Waals surface area contributed by atoms with Gasteiger partial charge in [-0.25, -0.2) is 0 Å². The van der Waals surface area contributed by atoms with Gasteiger partial charge in [-0.15, -0.1) is 11.6 Å². The van der Waals surface area contributed by atoms with E-state index in [2.05, 4.69) is 9.80 Å². The molecule has 17 heavy (non-hydrogen) atoms. The number of alkyl halides is 1. The predicted octanol–water partition coefficient (Wildman–Crippen LogP) is 1.17. The number of halogens is 1. The quantitative estimate of drug-likeness (QED) is 0.805. The molecule has 1 N–H and O–H groups in total. The van der Waals surface area contributed by atoms with Crippen LogP contribution in [0.5, 0.6) is 0 Å². The molecule has 0 spiro atoms. The highest BCUT2D eigenvalue weighted by molar-refractivity contribution is 6.20. The molecular formula is C12H19ClN2O2. The summed E-state index contributed by atoms with van der Waals surface area (Å²) in [5.41, 5.74) is 0. The van der Waals surface area contributed by atoms with Crippen LogP contribution in [0.15, 0.2) is 22.8 Å². The summed E-state index contributed by atoms with van der Waals surface area (Å²) < 4.78 is 5.29. The Labute approximate surface area is 107 Å². The van der Waals surface area contributed by atoms with Crippen LogP contribution in [0.4, 0.5) is 0 Å². The molecule has 0 bridgehead atoms. The monoisotopic (exact) mass is 258 g/mol. The number of β-amino-alcohol motifs (C(OH)–C–C–N with tert-alkyl or cyclic N) is 1. The van der Waals surface area contributed by atoms with E-state index < -0.39 is 0 Å². The van der Waals surface area contributed by atoms with Gasteiger partial charge in [0.1, 0.15) is 11.1 Å². The van der Waals surface area contributed by atoms with Gasteiger partial charge in [0, 0.05) is 39.3 Å². The fraction of sp³-hybridized carbons (Fsp3) is 0.667. The Hall–Kier alpha value is -0.550. The summed E-state index contributed by atoms with van der Waals surface area (Å²) in [6.07, 6.45) is 1.66. The van der Waals surface area contributed by atoms with Crippen molar-refractivity contribution in [2.24, 2.45) is 0 Å². The zero-order valence-corrected chi connectivity index (χ0v) is 10.6. The average molecular weight is 259 g/mol. The molecule has 0 amide bonds. The van der Waals surface area contributed by atoms with Gasteiger partial charge >= 0.3 is 0 Å². The summed E-state index contributed by atoms with van der Waals surface area (Å²) in [6.45, 7) is 5.85. The van der Waals surface area contributed by atoms with Crippen LogP contribution in [0.1, 0.15) is 11.1 Å². The summed E-state index contributed by atoms with van der Waals surface area (Å²) in [5.74, 6) is 0.837. The fourth-order valence-corrected chi connectivity index (χ4v) is 2.44. The van der Waals surface area contributed by atoms with Gasteiger partial charge < -0.3 is 9.52 Å². The van der Waals surface area contributed by atoms with E-state index >= 15 is 0 Å². The molecule has 1 saturated heterocycles. The van der Waals surface area contributed by atoms with E-state index in [1.807, 2.05) is 12.1 Å². The molecule has 1 fully saturated rings. The van der Waals surface area contributed by atoms with Crippen LogP contribution in [-0.4, -0.2) is 60.8 Å². The summed E-state index contributed by atoms with van der Waals surface area (Å²) in [5, 5.41) is 8.79. The number of aliphatic hydroxyl groups excluding tert-OH is 1. The first-order valence-corrected chi connectivity index (χ1v) is 6.46. The third-order valence-electron chi connectivity index (χ3n) is 3.15. The molecule has 5 heteroatoms. The highest BCUT2D eigenvalue weighted by atomic mass is 35.5. The Kier molecular flexibility index (Phi) is 4.86. The number of furan rings is 1. The number of hydrogen-bond acceptors (Lipinski definition) is 4. The molecule has 96 valence electrons. The van der Waals surface area contributed by atoms with E-state index in [-0.39, 0.29) is 12.0 Å². The molecule has 1 unspecified atom stereocenters. The average Bonchev–Trinajstić information content (AvgIpc) is 2.86. The molecule has 4 nitrogen and oxygen atoms in total. The Morgan fingerprint density at radius 3 is 2.59 bits per heavy atom. The molecule has 0 saturated carbocycles. The number of rotatable bonds is 5. The largest absolute Gasteiger partial charge is 0.468 e. The van der Waals surface area contributed by atoms with E-state index in [9.17, 15) is 0 Å². The maximum Gasteiger partial charge on any atom is 0.122 e. The maximum atomic E-state index is 8.87. The van der Waals surface area contributed by atoms with Crippen molar-refractivity contribution in [3.05, 3.63) is 24.2 Å². The van der Waals surface area contributed by atoms with Gasteiger partial charge in [0.15, 0.2) is 0 Å². The van der Waals surface area contributed by atoms with Crippen molar-refractivity contribution in [1.29, 1.82) is 0 Å². The Bertz CT molecular complexity index is 310. The maximum absolute atomic E-state index is 8.87. The van der Waals surface area contributed by atoms with Gasteiger partial charge in [0.2, 0.25) is 0 Å². The van der Waals surface area contributed by atoms with Crippen molar-refractivity contribution < 1.29 is 9.52 Å². The minimum atomic E-state index is -0.0746. The second kappa shape index (κ2) is 6.40. The normalized spacial score (nSPS) is 20.6. The van der Waals surface area contributed by atoms with Gasteiger partial charge in [-0.2, -0.15) is 0 Å². The molecule has 1 aliphatic rings. The molecule has 0 aromatic carbocycles. The minimum Gasteiger partial charge on any atom is -0.468 e. The topological polar surface area (TPSA) is 39.9 Å². The van der Waals surface area contributed by atoms with E-state index in [0.717, 1.165) is 45.0 Å². The number of nitrogens with zero attached hydrogens (tertiary/aromatic N) is 2. The van der Waals surface area contributed by atoms with Crippen molar-refractivity contribution >= 4 is 11.6 Å². The summed E-state index contributed by atoms with van der Waals surface area (Å²) in [4.78, 5) is 4.61. The standard InChI is InChI=1S/C12H19ClN2O2/c13-11(12-2-1-9-17-12)10-15-5-3-14(4-6-15)7-8-16/h1-2,9,11,16H,3-8,10H2. The second-order valence-corrected chi connectivity index (χ2v) is 4.88. The number of piperazine rings is 1. The lowest BCUT2D eigenvalue weighted by Crippen LogP contribution is -2.47. The second-order valence-electron chi connectivity index (χ2n) is 4.35. The van der Waals surface area contributed by atoms with E-state index in [0.29, 0.717) is 0 Å². The van der Waals surface area contributed by atoms with Crippen LogP contribution in [-0.2, 0) is 0 Å². The highest BCUT2D eigenvalue weighted by Crippen LogP contribution is 2.22. The van der Waals surface area contributed by atoms with E-state index in [1.54, 1.807) is 6.26 Å². The van der Waals surface area contributed by atoms with Gasteiger partial charge in [-0.3, -0.25) is 9.80 Å². The van der Waals surface area contributed by atoms with Crippen molar-refractivity contribution in [2.45, 2.75) is 5.38 Å². The lowest BCUT2D eigenvalue weighted by Gasteiger charge is -2.34. The number of hydrogen-bond donors (Lipinski definition) is 1. The molecule has 1 atom stereocenters. The third-order valence-corrected chi connectivity index (χ3v) is 3.50. The summed E-state index contributed by atoms with van der Waals surface area (Å²) in [7, 11) is 0. The zero-order chi connectivity index (χ0) is 12.1. The molecule has 2 rings (SSSR count). The predicted molar refractivity (Wildman–Crippen MR) is 67.3 cm³/mol. The van der Waals surface area contributed by atoms with E-state index in [1.165, 1.54) is 0 Å². The highest BCUT2D eigenvalue weighted by Gasteiger charge is 2.20. The fourth-order valence-electron chi connectivity index (χ4n) is 2.12. The molecular weight excluding hydrogens is 240 g/mol. The minimum absolute atomic E-state index is 0.0746. The molecule has 1 aromatic heterocycles. The Morgan fingerprint density at radius 2 is 2.00 bits per heavy atom. The first-order valence-electron chi connectivity index (χ1n) is 6.02. The zero-order valence-electron chi connectivity index (χ0n) is 9.89. The molecule has 0 radical (unpaired) electrons. The third kappa shape index (κ3) is 3.71. The van der Waals surface area contributed by atoms with Crippen molar-refractivity contribution in [1.82, 2.24) is 9.80 Å².